The number of aliphatic carboxylic acids is 1. The van der Waals surface area contributed by atoms with Crippen molar-refractivity contribution in [2.24, 2.45) is 0 Å². The van der Waals surface area contributed by atoms with Crippen LogP contribution in [0.15, 0.2) is 21.7 Å². The van der Waals surface area contributed by atoms with Gasteiger partial charge in [-0.3, -0.25) is 4.79 Å². The summed E-state index contributed by atoms with van der Waals surface area (Å²) in [5.74, 6) is -0.237. The van der Waals surface area contributed by atoms with Crippen LogP contribution in [0.3, 0.4) is 0 Å². The number of amides is 1. The number of rotatable bonds is 8. The molecular weight excluding hydrogens is 290 g/mol. The third-order valence-electron chi connectivity index (χ3n) is 2.08. The summed E-state index contributed by atoms with van der Waals surface area (Å²) in [5.41, 5.74) is 0. The highest BCUT2D eigenvalue weighted by molar-refractivity contribution is 8.01. The molecule has 0 spiro atoms. The second-order valence-corrected chi connectivity index (χ2v) is 6.67. The number of carbonyl (C=O) groups is 2. The van der Waals surface area contributed by atoms with Gasteiger partial charge in [0.1, 0.15) is 6.04 Å². The van der Waals surface area contributed by atoms with Gasteiger partial charge in [0, 0.05) is 0 Å². The lowest BCUT2D eigenvalue weighted by molar-refractivity contribution is -0.141. The lowest BCUT2D eigenvalue weighted by Crippen LogP contribution is -2.42. The average molecular weight is 305 g/mol. The molecule has 4 nitrogen and oxygen atoms in total. The summed E-state index contributed by atoms with van der Waals surface area (Å²) in [4.78, 5) is 22.6. The van der Waals surface area contributed by atoms with Crippen LogP contribution in [0, 0.1) is 0 Å². The molecule has 0 saturated heterocycles. The molecule has 18 heavy (non-hydrogen) atoms. The number of hydrogen-bond donors (Lipinski definition) is 2. The molecule has 0 radical (unpaired) electrons. The van der Waals surface area contributed by atoms with Gasteiger partial charge in [-0.15, -0.1) is 23.1 Å². The standard InChI is InChI=1S/C11H15NO3S3/c1-16-6-4-8(11(14)15)12-9(13)7-18-10-3-2-5-17-10/h2-3,5,8H,4,6-7H2,1H3,(H,12,13)(H,14,15)/t8-/m1/s1. The van der Waals surface area contributed by atoms with Crippen LogP contribution in [0.5, 0.6) is 0 Å². The number of hydrogen-bond acceptors (Lipinski definition) is 5. The third kappa shape index (κ3) is 5.79. The molecule has 1 rings (SSSR count). The van der Waals surface area contributed by atoms with Gasteiger partial charge in [0.15, 0.2) is 0 Å². The molecule has 0 aliphatic heterocycles. The number of thiophene rings is 1. The van der Waals surface area contributed by atoms with E-state index in [-0.39, 0.29) is 11.7 Å². The number of carboxylic acid groups (broad SMARTS) is 1. The predicted octanol–water partition coefficient (Wildman–Crippen LogP) is 2.16. The number of thioether (sulfide) groups is 2. The number of nitrogens with one attached hydrogen (secondary N) is 1. The van der Waals surface area contributed by atoms with E-state index in [1.54, 1.807) is 23.1 Å². The minimum atomic E-state index is -0.974. The van der Waals surface area contributed by atoms with Crippen LogP contribution in [-0.4, -0.2) is 40.8 Å². The van der Waals surface area contributed by atoms with Gasteiger partial charge in [-0.1, -0.05) is 6.07 Å². The maximum atomic E-state index is 11.6. The Labute approximate surface area is 119 Å². The van der Waals surface area contributed by atoms with Crippen LogP contribution in [0.25, 0.3) is 0 Å². The van der Waals surface area contributed by atoms with E-state index in [0.29, 0.717) is 6.42 Å². The molecule has 0 aliphatic rings. The summed E-state index contributed by atoms with van der Waals surface area (Å²) >= 11 is 4.56. The Balaban J connectivity index is 2.34. The molecule has 0 bridgehead atoms. The SMILES string of the molecule is CSCC[C@@H](NC(=O)CSc1cccs1)C(=O)O. The molecule has 0 aromatic carbocycles. The number of carboxylic acids is 1. The minimum Gasteiger partial charge on any atom is -0.480 e. The van der Waals surface area contributed by atoms with Crippen LogP contribution in [0.1, 0.15) is 6.42 Å². The molecule has 7 heteroatoms. The average Bonchev–Trinajstić information content (AvgIpc) is 2.84. The van der Waals surface area contributed by atoms with Crippen LogP contribution in [-0.2, 0) is 9.59 Å². The highest BCUT2D eigenvalue weighted by atomic mass is 32.2. The van der Waals surface area contributed by atoms with Crippen molar-refractivity contribution in [3.63, 3.8) is 0 Å². The van der Waals surface area contributed by atoms with E-state index in [4.69, 9.17) is 5.11 Å². The van der Waals surface area contributed by atoms with Gasteiger partial charge < -0.3 is 10.4 Å². The van der Waals surface area contributed by atoms with E-state index in [1.807, 2.05) is 23.8 Å². The Kier molecular flexibility index (Phi) is 7.22. The fourth-order valence-electron chi connectivity index (χ4n) is 1.21. The maximum absolute atomic E-state index is 11.6. The molecule has 1 aromatic heterocycles. The van der Waals surface area contributed by atoms with Crippen LogP contribution >= 0.6 is 34.9 Å². The van der Waals surface area contributed by atoms with E-state index in [1.165, 1.54) is 11.8 Å². The first-order chi connectivity index (χ1) is 8.63. The number of carbonyl (C=O) groups excluding carboxylic acids is 1. The molecule has 0 aliphatic carbocycles. The summed E-state index contributed by atoms with van der Waals surface area (Å²) in [6.45, 7) is 0. The molecule has 1 aromatic rings. The highest BCUT2D eigenvalue weighted by Crippen LogP contribution is 2.22. The zero-order valence-corrected chi connectivity index (χ0v) is 12.4. The summed E-state index contributed by atoms with van der Waals surface area (Å²) in [7, 11) is 0. The van der Waals surface area contributed by atoms with Crippen LogP contribution in [0.4, 0.5) is 0 Å². The normalized spacial score (nSPS) is 12.1. The van der Waals surface area contributed by atoms with Crippen molar-refractivity contribution in [3.8, 4) is 0 Å². The first-order valence-corrected chi connectivity index (χ1v) is 8.56. The molecule has 1 heterocycles. The Morgan fingerprint density at radius 3 is 2.89 bits per heavy atom. The summed E-state index contributed by atoms with van der Waals surface area (Å²) in [6.07, 6.45) is 2.36. The zero-order valence-electron chi connectivity index (χ0n) is 9.92. The highest BCUT2D eigenvalue weighted by Gasteiger charge is 2.19. The molecule has 100 valence electrons. The maximum Gasteiger partial charge on any atom is 0.326 e. The first kappa shape index (κ1) is 15.4. The summed E-state index contributed by atoms with van der Waals surface area (Å²) < 4.78 is 1.06. The van der Waals surface area contributed by atoms with E-state index < -0.39 is 12.0 Å². The molecule has 1 atom stereocenters. The van der Waals surface area contributed by atoms with Gasteiger partial charge in [0.25, 0.3) is 0 Å². The van der Waals surface area contributed by atoms with Crippen LogP contribution < -0.4 is 5.32 Å². The lowest BCUT2D eigenvalue weighted by atomic mass is 10.2. The zero-order chi connectivity index (χ0) is 13.4. The van der Waals surface area contributed by atoms with Crippen molar-refractivity contribution in [3.05, 3.63) is 17.5 Å². The van der Waals surface area contributed by atoms with E-state index in [2.05, 4.69) is 5.32 Å². The fourth-order valence-corrected chi connectivity index (χ4v) is 3.28. The third-order valence-corrected chi connectivity index (χ3v) is 4.86. The van der Waals surface area contributed by atoms with Gasteiger partial charge in [-0.2, -0.15) is 11.8 Å². The Morgan fingerprint density at radius 2 is 2.33 bits per heavy atom. The van der Waals surface area contributed by atoms with Crippen molar-refractivity contribution in [1.82, 2.24) is 5.32 Å². The first-order valence-electron chi connectivity index (χ1n) is 5.31. The van der Waals surface area contributed by atoms with Gasteiger partial charge in [-0.25, -0.2) is 4.79 Å². The van der Waals surface area contributed by atoms with Gasteiger partial charge in [0.2, 0.25) is 5.91 Å². The topological polar surface area (TPSA) is 66.4 Å². The Morgan fingerprint density at radius 1 is 1.56 bits per heavy atom. The Bertz CT molecular complexity index is 381. The van der Waals surface area contributed by atoms with Gasteiger partial charge in [0.05, 0.1) is 9.96 Å². The van der Waals surface area contributed by atoms with Crippen molar-refractivity contribution >= 4 is 46.7 Å². The van der Waals surface area contributed by atoms with Crippen molar-refractivity contribution in [1.29, 1.82) is 0 Å². The second-order valence-electron chi connectivity index (χ2n) is 3.46. The molecule has 0 saturated carbocycles. The van der Waals surface area contributed by atoms with E-state index in [9.17, 15) is 9.59 Å². The fraction of sp³-hybridized carbons (Fsp3) is 0.455. The van der Waals surface area contributed by atoms with Gasteiger partial charge >= 0.3 is 5.97 Å². The van der Waals surface area contributed by atoms with Gasteiger partial charge in [-0.05, 0) is 29.9 Å². The summed E-state index contributed by atoms with van der Waals surface area (Å²) in [5, 5.41) is 13.5. The minimum absolute atomic E-state index is 0.234. The molecular formula is C11H15NO3S3. The van der Waals surface area contributed by atoms with E-state index >= 15 is 0 Å². The Hall–Kier alpha value is -0.660. The quantitative estimate of drug-likeness (QED) is 0.721. The van der Waals surface area contributed by atoms with Crippen LogP contribution in [0.2, 0.25) is 0 Å². The summed E-state index contributed by atoms with van der Waals surface area (Å²) in [6, 6.07) is 3.07. The molecule has 1 amide bonds. The second kappa shape index (κ2) is 8.44. The largest absolute Gasteiger partial charge is 0.480 e. The van der Waals surface area contributed by atoms with Crippen molar-refractivity contribution in [2.45, 2.75) is 16.7 Å². The smallest absolute Gasteiger partial charge is 0.326 e. The van der Waals surface area contributed by atoms with Crippen molar-refractivity contribution < 1.29 is 14.7 Å². The van der Waals surface area contributed by atoms with Crippen molar-refractivity contribution in [2.75, 3.05) is 17.8 Å². The lowest BCUT2D eigenvalue weighted by Gasteiger charge is -2.13. The molecule has 0 unspecified atom stereocenters. The molecule has 0 fully saturated rings. The predicted molar refractivity (Wildman–Crippen MR) is 77.6 cm³/mol. The molecule has 2 N–H and O–H groups in total. The van der Waals surface area contributed by atoms with E-state index in [0.717, 1.165) is 9.96 Å². The monoisotopic (exact) mass is 305 g/mol.